The monoisotopic (exact) mass is 288 g/mol. The first kappa shape index (κ1) is 14.4. The van der Waals surface area contributed by atoms with Gasteiger partial charge in [0.1, 0.15) is 0 Å². The number of carbonyl (C=O) groups is 1. The summed E-state index contributed by atoms with van der Waals surface area (Å²) in [6.45, 7) is 8.24. The van der Waals surface area contributed by atoms with Crippen molar-refractivity contribution < 1.29 is 9.53 Å². The van der Waals surface area contributed by atoms with Crippen molar-refractivity contribution in [2.75, 3.05) is 25.1 Å². The van der Waals surface area contributed by atoms with Crippen molar-refractivity contribution in [2.45, 2.75) is 44.7 Å². The standard InChI is InChI=1S/C17H24N2O2/c1-12-10-14(13-6-4-5-7-15(13)18-12)16(20)19-8-9-21-11-17(19,2)3/h4-7,12,14,18H,8-11H2,1-3H3. The SMILES string of the molecule is CC1CC(C(=O)N2CCOCC2(C)C)c2ccccc2N1. The predicted octanol–water partition coefficient (Wildman–Crippen LogP) is 2.61. The van der Waals surface area contributed by atoms with Gasteiger partial charge in [-0.2, -0.15) is 0 Å². The van der Waals surface area contributed by atoms with Crippen molar-refractivity contribution in [3.63, 3.8) is 0 Å². The highest BCUT2D eigenvalue weighted by atomic mass is 16.5. The molecule has 0 radical (unpaired) electrons. The third-order valence-electron chi connectivity index (χ3n) is 4.54. The molecule has 0 aromatic heterocycles. The van der Waals surface area contributed by atoms with Crippen molar-refractivity contribution >= 4 is 11.6 Å². The van der Waals surface area contributed by atoms with Crippen LogP contribution in [-0.2, 0) is 9.53 Å². The lowest BCUT2D eigenvalue weighted by atomic mass is 9.85. The summed E-state index contributed by atoms with van der Waals surface area (Å²) in [5, 5.41) is 3.47. The van der Waals surface area contributed by atoms with Crippen LogP contribution in [0.3, 0.4) is 0 Å². The van der Waals surface area contributed by atoms with Crippen molar-refractivity contribution in [2.24, 2.45) is 0 Å². The fraction of sp³-hybridized carbons (Fsp3) is 0.588. The van der Waals surface area contributed by atoms with E-state index in [-0.39, 0.29) is 17.4 Å². The van der Waals surface area contributed by atoms with E-state index in [4.69, 9.17) is 4.74 Å². The Balaban J connectivity index is 1.91. The number of hydrogen-bond donors (Lipinski definition) is 1. The highest BCUT2D eigenvalue weighted by Gasteiger charge is 2.39. The lowest BCUT2D eigenvalue weighted by molar-refractivity contribution is -0.148. The number of ether oxygens (including phenoxy) is 1. The zero-order valence-electron chi connectivity index (χ0n) is 13.1. The molecule has 1 fully saturated rings. The van der Waals surface area contributed by atoms with Gasteiger partial charge in [0.15, 0.2) is 0 Å². The molecule has 1 aromatic rings. The Morgan fingerprint density at radius 1 is 1.38 bits per heavy atom. The molecular formula is C17H24N2O2. The molecule has 2 atom stereocenters. The molecule has 2 heterocycles. The summed E-state index contributed by atoms with van der Waals surface area (Å²) in [6.07, 6.45) is 0.850. The van der Waals surface area contributed by atoms with E-state index >= 15 is 0 Å². The molecule has 4 nitrogen and oxygen atoms in total. The van der Waals surface area contributed by atoms with E-state index in [2.05, 4.69) is 38.2 Å². The van der Waals surface area contributed by atoms with Crippen molar-refractivity contribution in [3.05, 3.63) is 29.8 Å². The number of carbonyl (C=O) groups excluding carboxylic acids is 1. The third-order valence-corrected chi connectivity index (χ3v) is 4.54. The summed E-state index contributed by atoms with van der Waals surface area (Å²) in [5.74, 6) is 0.193. The van der Waals surface area contributed by atoms with Gasteiger partial charge in [-0.3, -0.25) is 4.79 Å². The van der Waals surface area contributed by atoms with E-state index in [1.165, 1.54) is 0 Å². The number of benzene rings is 1. The van der Waals surface area contributed by atoms with Crippen LogP contribution >= 0.6 is 0 Å². The van der Waals surface area contributed by atoms with Crippen LogP contribution in [-0.4, -0.2) is 42.1 Å². The smallest absolute Gasteiger partial charge is 0.230 e. The van der Waals surface area contributed by atoms with Gasteiger partial charge in [-0.15, -0.1) is 0 Å². The maximum atomic E-state index is 13.1. The predicted molar refractivity (Wildman–Crippen MR) is 83.5 cm³/mol. The topological polar surface area (TPSA) is 41.6 Å². The lowest BCUT2D eigenvalue weighted by Gasteiger charge is -2.44. The van der Waals surface area contributed by atoms with Crippen molar-refractivity contribution in [1.82, 2.24) is 4.90 Å². The molecule has 0 saturated carbocycles. The Kier molecular flexibility index (Phi) is 3.66. The Morgan fingerprint density at radius 2 is 2.14 bits per heavy atom. The Hall–Kier alpha value is -1.55. The number of anilines is 1. The minimum Gasteiger partial charge on any atom is -0.382 e. The first-order valence-corrected chi connectivity index (χ1v) is 7.74. The van der Waals surface area contributed by atoms with Crippen LogP contribution in [0.25, 0.3) is 0 Å². The van der Waals surface area contributed by atoms with Crippen LogP contribution in [0.2, 0.25) is 0 Å². The van der Waals surface area contributed by atoms with E-state index < -0.39 is 0 Å². The number of para-hydroxylation sites is 1. The van der Waals surface area contributed by atoms with E-state index in [0.29, 0.717) is 25.8 Å². The van der Waals surface area contributed by atoms with Gasteiger partial charge < -0.3 is 15.0 Å². The largest absolute Gasteiger partial charge is 0.382 e. The molecule has 0 spiro atoms. The molecule has 114 valence electrons. The van der Waals surface area contributed by atoms with Gasteiger partial charge in [0.2, 0.25) is 5.91 Å². The molecule has 1 amide bonds. The van der Waals surface area contributed by atoms with Gasteiger partial charge >= 0.3 is 0 Å². The minimum absolute atomic E-state index is 0.0465. The molecule has 2 aliphatic heterocycles. The van der Waals surface area contributed by atoms with Gasteiger partial charge in [-0.05, 0) is 38.8 Å². The Morgan fingerprint density at radius 3 is 2.90 bits per heavy atom. The minimum atomic E-state index is -0.224. The third kappa shape index (κ3) is 2.64. The fourth-order valence-corrected chi connectivity index (χ4v) is 3.43. The van der Waals surface area contributed by atoms with E-state index in [0.717, 1.165) is 17.7 Å². The first-order chi connectivity index (χ1) is 9.99. The normalized spacial score (nSPS) is 27.7. The summed E-state index contributed by atoms with van der Waals surface area (Å²) < 4.78 is 5.54. The number of nitrogens with one attached hydrogen (secondary N) is 1. The van der Waals surface area contributed by atoms with Crippen molar-refractivity contribution in [1.29, 1.82) is 0 Å². The highest BCUT2D eigenvalue weighted by molar-refractivity contribution is 5.87. The van der Waals surface area contributed by atoms with Crippen LogP contribution in [0.15, 0.2) is 24.3 Å². The second-order valence-electron chi connectivity index (χ2n) is 6.78. The molecule has 2 unspecified atom stereocenters. The number of hydrogen-bond acceptors (Lipinski definition) is 3. The summed E-state index contributed by atoms with van der Waals surface area (Å²) >= 11 is 0. The number of rotatable bonds is 1. The number of fused-ring (bicyclic) bond motifs is 1. The zero-order valence-corrected chi connectivity index (χ0v) is 13.1. The molecule has 2 aliphatic rings. The summed E-state index contributed by atoms with van der Waals surface area (Å²) in [7, 11) is 0. The van der Waals surface area contributed by atoms with E-state index in [1.54, 1.807) is 0 Å². The summed E-state index contributed by atoms with van der Waals surface area (Å²) in [4.78, 5) is 15.1. The molecule has 0 aliphatic carbocycles. The van der Waals surface area contributed by atoms with Crippen LogP contribution in [0.4, 0.5) is 5.69 Å². The average molecular weight is 288 g/mol. The number of nitrogens with zero attached hydrogens (tertiary/aromatic N) is 1. The van der Waals surface area contributed by atoms with Crippen LogP contribution in [0.5, 0.6) is 0 Å². The Labute approximate surface area is 126 Å². The van der Waals surface area contributed by atoms with Gasteiger partial charge in [-0.25, -0.2) is 0 Å². The summed E-state index contributed by atoms with van der Waals surface area (Å²) in [5.41, 5.74) is 2.00. The zero-order chi connectivity index (χ0) is 15.0. The average Bonchev–Trinajstić information content (AvgIpc) is 2.45. The van der Waals surface area contributed by atoms with Crippen LogP contribution in [0.1, 0.15) is 38.7 Å². The maximum Gasteiger partial charge on any atom is 0.230 e. The van der Waals surface area contributed by atoms with Gasteiger partial charge in [-0.1, -0.05) is 18.2 Å². The maximum absolute atomic E-state index is 13.1. The Bertz CT molecular complexity index is 541. The van der Waals surface area contributed by atoms with E-state index in [1.807, 2.05) is 17.0 Å². The first-order valence-electron chi connectivity index (χ1n) is 7.74. The highest BCUT2D eigenvalue weighted by Crippen LogP contribution is 2.37. The van der Waals surface area contributed by atoms with E-state index in [9.17, 15) is 4.79 Å². The van der Waals surface area contributed by atoms with Gasteiger partial charge in [0.05, 0.1) is 24.7 Å². The number of amides is 1. The second kappa shape index (κ2) is 5.34. The molecule has 4 heteroatoms. The lowest BCUT2D eigenvalue weighted by Crippen LogP contribution is -2.57. The molecule has 0 bridgehead atoms. The second-order valence-corrected chi connectivity index (χ2v) is 6.78. The van der Waals surface area contributed by atoms with Crippen LogP contribution in [0, 0.1) is 0 Å². The van der Waals surface area contributed by atoms with Gasteiger partial charge in [0, 0.05) is 18.3 Å². The molecule has 1 saturated heterocycles. The molecule has 1 aromatic carbocycles. The van der Waals surface area contributed by atoms with Gasteiger partial charge in [0.25, 0.3) is 0 Å². The molecule has 1 N–H and O–H groups in total. The van der Waals surface area contributed by atoms with Crippen molar-refractivity contribution in [3.8, 4) is 0 Å². The molecular weight excluding hydrogens is 264 g/mol. The number of morpholine rings is 1. The fourth-order valence-electron chi connectivity index (χ4n) is 3.43. The van der Waals surface area contributed by atoms with Crippen LogP contribution < -0.4 is 5.32 Å². The quantitative estimate of drug-likeness (QED) is 0.863. The molecule has 3 rings (SSSR count). The molecule has 21 heavy (non-hydrogen) atoms. The summed E-state index contributed by atoms with van der Waals surface area (Å²) in [6, 6.07) is 8.49.